The number of aromatic nitrogens is 1. The van der Waals surface area contributed by atoms with Crippen LogP contribution in [0.5, 0.6) is 0 Å². The summed E-state index contributed by atoms with van der Waals surface area (Å²) in [5.74, 6) is 0.0809. The van der Waals surface area contributed by atoms with Gasteiger partial charge in [-0.15, -0.1) is 0 Å². The first kappa shape index (κ1) is 18.2. The number of ether oxygens (including phenoxy) is 1. The number of alkyl carbamates (subject to hydrolysis) is 1. The lowest BCUT2D eigenvalue weighted by molar-refractivity contribution is 0.0503. The third-order valence-corrected chi connectivity index (χ3v) is 5.41. The van der Waals surface area contributed by atoms with Gasteiger partial charge in [-0.25, -0.2) is 13.2 Å². The minimum atomic E-state index is -3.53. The first-order valence-corrected chi connectivity index (χ1v) is 9.39. The highest BCUT2D eigenvalue weighted by molar-refractivity contribution is 9.10. The van der Waals surface area contributed by atoms with Crippen molar-refractivity contribution in [3.8, 4) is 0 Å². The Bertz CT molecular complexity index is 682. The molecule has 1 N–H and O–H groups in total. The topological polar surface area (TPSA) is 88.6 Å². The SMILES string of the molecule is CC(C)(C)OC(=O)NCC1CN(S(=O)(=O)c2cncc(Br)c2)C1. The van der Waals surface area contributed by atoms with Crippen molar-refractivity contribution >= 4 is 32.0 Å². The molecule has 2 heterocycles. The summed E-state index contributed by atoms with van der Waals surface area (Å²) in [7, 11) is -3.53. The Morgan fingerprint density at radius 1 is 1.43 bits per heavy atom. The van der Waals surface area contributed by atoms with Crippen LogP contribution in [0.3, 0.4) is 0 Å². The van der Waals surface area contributed by atoms with Crippen LogP contribution in [0.4, 0.5) is 4.79 Å². The number of hydrogen-bond donors (Lipinski definition) is 1. The van der Waals surface area contributed by atoms with Crippen molar-refractivity contribution in [2.45, 2.75) is 31.3 Å². The second-order valence-electron chi connectivity index (χ2n) is 6.41. The molecule has 0 saturated carbocycles. The molecule has 0 aromatic carbocycles. The second-order valence-corrected chi connectivity index (χ2v) is 9.26. The van der Waals surface area contributed by atoms with Crippen LogP contribution in [-0.4, -0.2) is 49.0 Å². The van der Waals surface area contributed by atoms with Crippen molar-refractivity contribution in [3.05, 3.63) is 22.9 Å². The monoisotopic (exact) mass is 405 g/mol. The van der Waals surface area contributed by atoms with Gasteiger partial charge >= 0.3 is 6.09 Å². The van der Waals surface area contributed by atoms with Crippen LogP contribution in [0.15, 0.2) is 27.8 Å². The lowest BCUT2D eigenvalue weighted by atomic mass is 10.0. The summed E-state index contributed by atoms with van der Waals surface area (Å²) in [5, 5.41) is 2.66. The van der Waals surface area contributed by atoms with Crippen LogP contribution in [0, 0.1) is 5.92 Å². The fourth-order valence-electron chi connectivity index (χ4n) is 2.07. The number of halogens is 1. The largest absolute Gasteiger partial charge is 0.444 e. The summed E-state index contributed by atoms with van der Waals surface area (Å²) in [4.78, 5) is 15.6. The van der Waals surface area contributed by atoms with Gasteiger partial charge in [0, 0.05) is 42.4 Å². The van der Waals surface area contributed by atoms with E-state index in [1.807, 2.05) is 0 Å². The van der Waals surface area contributed by atoms with Gasteiger partial charge in [0.05, 0.1) is 0 Å². The predicted molar refractivity (Wildman–Crippen MR) is 88.4 cm³/mol. The van der Waals surface area contributed by atoms with Crippen molar-refractivity contribution in [2.75, 3.05) is 19.6 Å². The molecule has 23 heavy (non-hydrogen) atoms. The van der Waals surface area contributed by atoms with E-state index in [1.54, 1.807) is 20.8 Å². The molecule has 128 valence electrons. The summed E-state index contributed by atoms with van der Waals surface area (Å²) in [6, 6.07) is 1.52. The fourth-order valence-corrected chi connectivity index (χ4v) is 4.17. The highest BCUT2D eigenvalue weighted by Crippen LogP contribution is 2.25. The van der Waals surface area contributed by atoms with Gasteiger partial charge in [0.15, 0.2) is 0 Å². The molecule has 2 rings (SSSR count). The predicted octanol–water partition coefficient (Wildman–Crippen LogP) is 1.99. The van der Waals surface area contributed by atoms with Crippen molar-refractivity contribution in [2.24, 2.45) is 5.92 Å². The quantitative estimate of drug-likeness (QED) is 0.826. The minimum absolute atomic E-state index is 0.0809. The van der Waals surface area contributed by atoms with Gasteiger partial charge in [-0.3, -0.25) is 4.98 Å². The molecule has 0 atom stereocenters. The number of nitrogens with one attached hydrogen (secondary N) is 1. The Balaban J connectivity index is 1.84. The fraction of sp³-hybridized carbons (Fsp3) is 0.571. The van der Waals surface area contributed by atoms with Crippen LogP contribution in [0.25, 0.3) is 0 Å². The Labute approximate surface area is 144 Å². The summed E-state index contributed by atoms with van der Waals surface area (Å²) in [6.45, 7) is 6.48. The van der Waals surface area contributed by atoms with E-state index in [1.165, 1.54) is 22.8 Å². The number of carbonyl (C=O) groups is 1. The first-order chi connectivity index (χ1) is 10.6. The standard InChI is InChI=1S/C14H20BrN3O4S/c1-14(2,3)22-13(19)17-5-10-8-18(9-10)23(20,21)12-4-11(15)6-16-7-12/h4,6-7,10H,5,8-9H2,1-3H3,(H,17,19). The Hall–Kier alpha value is -1.19. The van der Waals surface area contributed by atoms with Gasteiger partial charge in [0.2, 0.25) is 10.0 Å². The molecule has 1 aliphatic rings. The maximum atomic E-state index is 12.4. The highest BCUT2D eigenvalue weighted by Gasteiger charge is 2.37. The van der Waals surface area contributed by atoms with Gasteiger partial charge < -0.3 is 10.1 Å². The van der Waals surface area contributed by atoms with E-state index in [0.717, 1.165) is 0 Å². The van der Waals surface area contributed by atoms with Crippen LogP contribution in [0.1, 0.15) is 20.8 Å². The van der Waals surface area contributed by atoms with Gasteiger partial charge in [0.1, 0.15) is 10.5 Å². The van der Waals surface area contributed by atoms with E-state index in [2.05, 4.69) is 26.2 Å². The zero-order chi connectivity index (χ0) is 17.3. The average Bonchev–Trinajstić information content (AvgIpc) is 2.34. The van der Waals surface area contributed by atoms with E-state index >= 15 is 0 Å². The van der Waals surface area contributed by atoms with Crippen molar-refractivity contribution in [1.29, 1.82) is 0 Å². The maximum Gasteiger partial charge on any atom is 0.407 e. The summed E-state index contributed by atoms with van der Waals surface area (Å²) < 4.78 is 31.9. The Morgan fingerprint density at radius 2 is 2.09 bits per heavy atom. The van der Waals surface area contributed by atoms with E-state index in [9.17, 15) is 13.2 Å². The van der Waals surface area contributed by atoms with Gasteiger partial charge in [0.25, 0.3) is 0 Å². The molecule has 0 spiro atoms. The zero-order valence-corrected chi connectivity index (χ0v) is 15.6. The molecule has 7 nitrogen and oxygen atoms in total. The van der Waals surface area contributed by atoms with Crippen LogP contribution < -0.4 is 5.32 Å². The lowest BCUT2D eigenvalue weighted by Crippen LogP contribution is -2.53. The number of amides is 1. The smallest absolute Gasteiger partial charge is 0.407 e. The van der Waals surface area contributed by atoms with Crippen LogP contribution in [0.2, 0.25) is 0 Å². The molecule has 0 radical (unpaired) electrons. The van der Waals surface area contributed by atoms with E-state index < -0.39 is 21.7 Å². The highest BCUT2D eigenvalue weighted by atomic mass is 79.9. The van der Waals surface area contributed by atoms with Crippen LogP contribution >= 0.6 is 15.9 Å². The maximum absolute atomic E-state index is 12.4. The third-order valence-electron chi connectivity index (χ3n) is 3.18. The minimum Gasteiger partial charge on any atom is -0.444 e. The molecule has 0 bridgehead atoms. The molecule has 1 aliphatic heterocycles. The van der Waals surface area contributed by atoms with Crippen molar-refractivity contribution in [1.82, 2.24) is 14.6 Å². The zero-order valence-electron chi connectivity index (χ0n) is 13.2. The van der Waals surface area contributed by atoms with Crippen molar-refractivity contribution < 1.29 is 17.9 Å². The van der Waals surface area contributed by atoms with Crippen molar-refractivity contribution in [3.63, 3.8) is 0 Å². The Morgan fingerprint density at radius 3 is 2.65 bits per heavy atom. The third kappa shape index (κ3) is 4.89. The molecule has 0 aliphatic carbocycles. The van der Waals surface area contributed by atoms with E-state index in [-0.39, 0.29) is 10.8 Å². The summed E-state index contributed by atoms with van der Waals surface area (Å²) in [6.07, 6.45) is 2.37. The second kappa shape index (κ2) is 6.74. The number of nitrogens with zero attached hydrogens (tertiary/aromatic N) is 2. The molecule has 1 saturated heterocycles. The lowest BCUT2D eigenvalue weighted by Gasteiger charge is -2.38. The molecular weight excluding hydrogens is 386 g/mol. The van der Waals surface area contributed by atoms with Gasteiger partial charge in [-0.05, 0) is 42.8 Å². The van der Waals surface area contributed by atoms with E-state index in [0.29, 0.717) is 24.1 Å². The molecular formula is C14H20BrN3O4S. The Kier molecular flexibility index (Phi) is 5.32. The van der Waals surface area contributed by atoms with Gasteiger partial charge in [-0.2, -0.15) is 4.31 Å². The summed E-state index contributed by atoms with van der Waals surface area (Å²) in [5.41, 5.74) is -0.549. The number of pyridine rings is 1. The molecule has 1 amide bonds. The number of sulfonamides is 1. The molecule has 0 unspecified atom stereocenters. The molecule has 1 aromatic heterocycles. The molecule has 9 heteroatoms. The normalized spacial score (nSPS) is 16.7. The van der Waals surface area contributed by atoms with Crippen LogP contribution in [-0.2, 0) is 14.8 Å². The van der Waals surface area contributed by atoms with Gasteiger partial charge in [-0.1, -0.05) is 0 Å². The average molecular weight is 406 g/mol. The number of hydrogen-bond acceptors (Lipinski definition) is 5. The molecule has 1 fully saturated rings. The summed E-state index contributed by atoms with van der Waals surface area (Å²) >= 11 is 3.21. The first-order valence-electron chi connectivity index (χ1n) is 7.15. The number of carbonyl (C=O) groups excluding carboxylic acids is 1. The molecule has 1 aromatic rings. The number of rotatable bonds is 4. The van der Waals surface area contributed by atoms with E-state index in [4.69, 9.17) is 4.74 Å².